The number of rotatable bonds is 3. The summed E-state index contributed by atoms with van der Waals surface area (Å²) in [6.07, 6.45) is 0.628. The second-order valence-electron chi connectivity index (χ2n) is 6.44. The zero-order valence-corrected chi connectivity index (χ0v) is 14.3. The number of hydrogen-bond donors (Lipinski definition) is 1. The van der Waals surface area contributed by atoms with Gasteiger partial charge < -0.3 is 10.2 Å². The van der Waals surface area contributed by atoms with Crippen LogP contribution in [0.4, 0.5) is 5.69 Å². The molecule has 1 atom stereocenters. The number of benzene rings is 2. The predicted molar refractivity (Wildman–Crippen MR) is 95.3 cm³/mol. The van der Waals surface area contributed by atoms with Crippen molar-refractivity contribution in [2.24, 2.45) is 0 Å². The highest BCUT2D eigenvalue weighted by atomic mass is 16.2. The summed E-state index contributed by atoms with van der Waals surface area (Å²) in [5.74, 6) is -0.238. The van der Waals surface area contributed by atoms with E-state index in [1.54, 1.807) is 11.0 Å². The molecule has 0 unspecified atom stereocenters. The largest absolute Gasteiger partial charge is 0.340 e. The topological polar surface area (TPSA) is 49.4 Å². The summed E-state index contributed by atoms with van der Waals surface area (Å²) in [6.45, 7) is 6.63. The molecule has 0 saturated carbocycles. The smallest absolute Gasteiger partial charge is 0.251 e. The van der Waals surface area contributed by atoms with Gasteiger partial charge in [0, 0.05) is 17.8 Å². The summed E-state index contributed by atoms with van der Waals surface area (Å²) < 4.78 is 0. The van der Waals surface area contributed by atoms with Crippen molar-refractivity contribution in [2.75, 3.05) is 11.4 Å². The van der Waals surface area contributed by atoms with E-state index in [1.807, 2.05) is 57.2 Å². The first-order valence-corrected chi connectivity index (χ1v) is 8.22. The average Bonchev–Trinajstić information content (AvgIpc) is 2.92. The summed E-state index contributed by atoms with van der Waals surface area (Å²) >= 11 is 0. The summed E-state index contributed by atoms with van der Waals surface area (Å²) in [6, 6.07) is 13.0. The number of carbonyl (C=O) groups is 2. The van der Waals surface area contributed by atoms with Crippen LogP contribution >= 0.6 is 0 Å². The van der Waals surface area contributed by atoms with Gasteiger partial charge in [0.05, 0.1) is 0 Å². The Kier molecular flexibility index (Phi) is 4.38. The SMILES string of the molecule is Cc1ccc(N2CC[C@H](NC(=O)c3ccc(C)c(C)c3)C2=O)cc1. The fraction of sp³-hybridized carbons (Fsp3) is 0.300. The van der Waals surface area contributed by atoms with Crippen LogP contribution < -0.4 is 10.2 Å². The van der Waals surface area contributed by atoms with Crippen molar-refractivity contribution in [1.82, 2.24) is 5.32 Å². The number of aryl methyl sites for hydroxylation is 3. The molecule has 1 saturated heterocycles. The molecule has 0 aromatic heterocycles. The fourth-order valence-corrected chi connectivity index (χ4v) is 2.92. The first kappa shape index (κ1) is 16.2. The van der Waals surface area contributed by atoms with Gasteiger partial charge in [-0.1, -0.05) is 23.8 Å². The van der Waals surface area contributed by atoms with Gasteiger partial charge in [-0.3, -0.25) is 9.59 Å². The highest BCUT2D eigenvalue weighted by Crippen LogP contribution is 2.22. The summed E-state index contributed by atoms with van der Waals surface area (Å²) in [7, 11) is 0. The van der Waals surface area contributed by atoms with Crippen LogP contribution in [0.15, 0.2) is 42.5 Å². The Morgan fingerprint density at radius 3 is 2.42 bits per heavy atom. The Hall–Kier alpha value is -2.62. The van der Waals surface area contributed by atoms with Gasteiger partial charge in [0.25, 0.3) is 5.91 Å². The first-order valence-electron chi connectivity index (χ1n) is 8.22. The quantitative estimate of drug-likeness (QED) is 0.944. The van der Waals surface area contributed by atoms with Gasteiger partial charge in [0.1, 0.15) is 6.04 Å². The number of hydrogen-bond acceptors (Lipinski definition) is 2. The maximum atomic E-state index is 12.6. The number of carbonyl (C=O) groups excluding carboxylic acids is 2. The molecule has 2 amide bonds. The molecular weight excluding hydrogens is 300 g/mol. The first-order chi connectivity index (χ1) is 11.5. The van der Waals surface area contributed by atoms with E-state index in [1.165, 1.54) is 0 Å². The van der Waals surface area contributed by atoms with Crippen molar-refractivity contribution < 1.29 is 9.59 Å². The Bertz CT molecular complexity index is 781. The third-order valence-electron chi connectivity index (χ3n) is 4.63. The predicted octanol–water partition coefficient (Wildman–Crippen LogP) is 3.15. The molecule has 0 bridgehead atoms. The molecular formula is C20H22N2O2. The number of anilines is 1. The molecule has 1 fully saturated rings. The molecule has 124 valence electrons. The van der Waals surface area contributed by atoms with Crippen LogP contribution in [0, 0.1) is 20.8 Å². The van der Waals surface area contributed by atoms with Gasteiger partial charge in [0.15, 0.2) is 0 Å². The molecule has 4 nitrogen and oxygen atoms in total. The minimum absolute atomic E-state index is 0.0453. The van der Waals surface area contributed by atoms with E-state index in [4.69, 9.17) is 0 Å². The molecule has 24 heavy (non-hydrogen) atoms. The maximum Gasteiger partial charge on any atom is 0.251 e. The lowest BCUT2D eigenvalue weighted by Crippen LogP contribution is -2.41. The lowest BCUT2D eigenvalue weighted by atomic mass is 10.1. The van der Waals surface area contributed by atoms with Crippen LogP contribution in [-0.2, 0) is 4.79 Å². The Morgan fingerprint density at radius 1 is 1.04 bits per heavy atom. The zero-order chi connectivity index (χ0) is 17.3. The second-order valence-corrected chi connectivity index (χ2v) is 6.44. The van der Waals surface area contributed by atoms with E-state index in [-0.39, 0.29) is 11.8 Å². The van der Waals surface area contributed by atoms with Crippen molar-refractivity contribution in [3.63, 3.8) is 0 Å². The molecule has 1 N–H and O–H groups in total. The second kappa shape index (κ2) is 6.48. The van der Waals surface area contributed by atoms with Gasteiger partial charge in [-0.2, -0.15) is 0 Å². The highest BCUT2D eigenvalue weighted by molar-refractivity contribution is 6.04. The normalized spacial score (nSPS) is 17.2. The molecule has 3 rings (SSSR count). The number of amides is 2. The molecule has 0 radical (unpaired) electrons. The molecule has 0 spiro atoms. The van der Waals surface area contributed by atoms with Gasteiger partial charge in [0.2, 0.25) is 5.91 Å². The molecule has 0 aliphatic carbocycles. The number of nitrogens with one attached hydrogen (secondary N) is 1. The minimum Gasteiger partial charge on any atom is -0.340 e. The summed E-state index contributed by atoms with van der Waals surface area (Å²) in [5.41, 5.74) is 4.86. The van der Waals surface area contributed by atoms with Crippen LogP contribution in [0.25, 0.3) is 0 Å². The van der Waals surface area contributed by atoms with Crippen LogP contribution in [0.1, 0.15) is 33.5 Å². The van der Waals surface area contributed by atoms with Crippen molar-refractivity contribution in [2.45, 2.75) is 33.2 Å². The Balaban J connectivity index is 1.70. The molecule has 2 aromatic rings. The summed E-state index contributed by atoms with van der Waals surface area (Å²) in [4.78, 5) is 26.7. The number of nitrogens with zero attached hydrogens (tertiary/aromatic N) is 1. The zero-order valence-electron chi connectivity index (χ0n) is 14.3. The maximum absolute atomic E-state index is 12.6. The molecule has 2 aromatic carbocycles. The van der Waals surface area contributed by atoms with Gasteiger partial charge in [-0.05, 0) is 62.6 Å². The van der Waals surface area contributed by atoms with Crippen molar-refractivity contribution >= 4 is 17.5 Å². The van der Waals surface area contributed by atoms with Crippen LogP contribution in [0.3, 0.4) is 0 Å². The van der Waals surface area contributed by atoms with Crippen molar-refractivity contribution in [1.29, 1.82) is 0 Å². The van der Waals surface area contributed by atoms with Crippen LogP contribution in [0.2, 0.25) is 0 Å². The lowest BCUT2D eigenvalue weighted by Gasteiger charge is -2.17. The van der Waals surface area contributed by atoms with E-state index >= 15 is 0 Å². The Labute approximate surface area is 142 Å². The standard InChI is InChI=1S/C20H22N2O2/c1-13-4-8-17(9-5-13)22-11-10-18(20(22)24)21-19(23)16-7-6-14(2)15(3)12-16/h4-9,12,18H,10-11H2,1-3H3,(H,21,23)/t18-/m0/s1. The molecule has 4 heteroatoms. The van der Waals surface area contributed by atoms with Crippen LogP contribution in [-0.4, -0.2) is 24.4 Å². The van der Waals surface area contributed by atoms with E-state index in [2.05, 4.69) is 5.32 Å². The average molecular weight is 322 g/mol. The van der Waals surface area contributed by atoms with Crippen molar-refractivity contribution in [3.8, 4) is 0 Å². The van der Waals surface area contributed by atoms with Gasteiger partial charge in [-0.15, -0.1) is 0 Å². The monoisotopic (exact) mass is 322 g/mol. The molecule has 1 heterocycles. The minimum atomic E-state index is -0.458. The van der Waals surface area contributed by atoms with E-state index in [9.17, 15) is 9.59 Å². The van der Waals surface area contributed by atoms with E-state index in [0.29, 0.717) is 18.5 Å². The summed E-state index contributed by atoms with van der Waals surface area (Å²) in [5, 5.41) is 2.87. The third-order valence-corrected chi connectivity index (χ3v) is 4.63. The highest BCUT2D eigenvalue weighted by Gasteiger charge is 2.33. The van der Waals surface area contributed by atoms with E-state index < -0.39 is 6.04 Å². The van der Waals surface area contributed by atoms with Gasteiger partial charge >= 0.3 is 0 Å². The molecule has 1 aliphatic rings. The van der Waals surface area contributed by atoms with Crippen LogP contribution in [0.5, 0.6) is 0 Å². The molecule has 1 aliphatic heterocycles. The van der Waals surface area contributed by atoms with Crippen molar-refractivity contribution in [3.05, 3.63) is 64.7 Å². The lowest BCUT2D eigenvalue weighted by molar-refractivity contribution is -0.118. The third kappa shape index (κ3) is 3.18. The Morgan fingerprint density at radius 2 is 1.75 bits per heavy atom. The van der Waals surface area contributed by atoms with Gasteiger partial charge in [-0.25, -0.2) is 0 Å². The fourth-order valence-electron chi connectivity index (χ4n) is 2.92. The van der Waals surface area contributed by atoms with E-state index in [0.717, 1.165) is 22.4 Å².